The standard InChI is InChI=1S/C15H22O4/c1-10-6-12(17-4)13(18-5)7-11(10)15(8-19-9-15)14(2,3)16/h6-7,16H,8-9H2,1-5H3. The zero-order valence-electron chi connectivity index (χ0n) is 12.2. The van der Waals surface area contributed by atoms with Gasteiger partial charge in [0.25, 0.3) is 0 Å². The molecule has 1 heterocycles. The normalized spacial score (nSPS) is 17.8. The third-order valence-corrected chi connectivity index (χ3v) is 4.11. The van der Waals surface area contributed by atoms with Crippen molar-refractivity contribution in [2.75, 3.05) is 27.4 Å². The lowest BCUT2D eigenvalue weighted by atomic mass is 9.66. The molecule has 4 heteroatoms. The minimum absolute atomic E-state index is 0.378. The molecule has 2 rings (SSSR count). The van der Waals surface area contributed by atoms with E-state index in [-0.39, 0.29) is 5.41 Å². The molecule has 106 valence electrons. The molecule has 1 fully saturated rings. The lowest BCUT2D eigenvalue weighted by molar-refractivity contribution is -0.157. The molecule has 1 aliphatic heterocycles. The van der Waals surface area contributed by atoms with Gasteiger partial charge in [-0.2, -0.15) is 0 Å². The van der Waals surface area contributed by atoms with Crippen molar-refractivity contribution in [1.29, 1.82) is 0 Å². The molecule has 1 aliphatic rings. The van der Waals surface area contributed by atoms with E-state index in [2.05, 4.69) is 0 Å². The largest absolute Gasteiger partial charge is 0.493 e. The van der Waals surface area contributed by atoms with Gasteiger partial charge in [0.05, 0.1) is 38.4 Å². The number of ether oxygens (including phenoxy) is 3. The molecule has 0 aromatic heterocycles. The summed E-state index contributed by atoms with van der Waals surface area (Å²) in [6.07, 6.45) is 0. The Bertz CT molecular complexity index is 470. The van der Waals surface area contributed by atoms with Crippen LogP contribution >= 0.6 is 0 Å². The number of rotatable bonds is 4. The van der Waals surface area contributed by atoms with Crippen LogP contribution in [0.2, 0.25) is 0 Å². The lowest BCUT2D eigenvalue weighted by Crippen LogP contribution is -2.60. The maximum Gasteiger partial charge on any atom is 0.161 e. The molecular formula is C15H22O4. The molecule has 0 bridgehead atoms. The molecule has 1 N–H and O–H groups in total. The van der Waals surface area contributed by atoms with Crippen molar-refractivity contribution in [2.45, 2.75) is 31.8 Å². The van der Waals surface area contributed by atoms with Crippen LogP contribution in [0.5, 0.6) is 11.5 Å². The maximum atomic E-state index is 10.5. The highest BCUT2D eigenvalue weighted by Gasteiger charge is 2.52. The fraction of sp³-hybridized carbons (Fsp3) is 0.600. The first kappa shape index (κ1) is 14.2. The topological polar surface area (TPSA) is 47.9 Å². The van der Waals surface area contributed by atoms with Gasteiger partial charge in [-0.25, -0.2) is 0 Å². The SMILES string of the molecule is COc1cc(C)c(C2(C(C)(C)O)COC2)cc1OC. The van der Waals surface area contributed by atoms with E-state index in [9.17, 15) is 5.11 Å². The Morgan fingerprint density at radius 2 is 1.68 bits per heavy atom. The van der Waals surface area contributed by atoms with Crippen LogP contribution in [0.4, 0.5) is 0 Å². The van der Waals surface area contributed by atoms with Gasteiger partial charge in [-0.1, -0.05) is 0 Å². The molecule has 0 radical (unpaired) electrons. The Balaban J connectivity index is 2.56. The van der Waals surface area contributed by atoms with Crippen molar-refractivity contribution in [3.05, 3.63) is 23.3 Å². The lowest BCUT2D eigenvalue weighted by Gasteiger charge is -2.50. The number of hydrogen-bond acceptors (Lipinski definition) is 4. The van der Waals surface area contributed by atoms with Crippen molar-refractivity contribution in [3.63, 3.8) is 0 Å². The van der Waals surface area contributed by atoms with Gasteiger partial charge < -0.3 is 19.3 Å². The van der Waals surface area contributed by atoms with Gasteiger partial charge in [0.2, 0.25) is 0 Å². The highest BCUT2D eigenvalue weighted by atomic mass is 16.5. The fourth-order valence-corrected chi connectivity index (χ4v) is 2.64. The Kier molecular flexibility index (Phi) is 3.49. The minimum atomic E-state index is -0.852. The van der Waals surface area contributed by atoms with Crippen molar-refractivity contribution < 1.29 is 19.3 Å². The van der Waals surface area contributed by atoms with E-state index in [0.717, 1.165) is 11.1 Å². The molecular weight excluding hydrogens is 244 g/mol. The monoisotopic (exact) mass is 266 g/mol. The summed E-state index contributed by atoms with van der Waals surface area (Å²) in [4.78, 5) is 0. The van der Waals surface area contributed by atoms with Crippen LogP contribution < -0.4 is 9.47 Å². The summed E-state index contributed by atoms with van der Waals surface area (Å²) in [5.41, 5.74) is 0.902. The molecule has 0 spiro atoms. The van der Waals surface area contributed by atoms with E-state index in [1.54, 1.807) is 14.2 Å². The third-order valence-electron chi connectivity index (χ3n) is 4.11. The van der Waals surface area contributed by atoms with E-state index in [4.69, 9.17) is 14.2 Å². The summed E-state index contributed by atoms with van der Waals surface area (Å²) >= 11 is 0. The highest BCUT2D eigenvalue weighted by Crippen LogP contribution is 2.45. The van der Waals surface area contributed by atoms with Gasteiger partial charge in [-0.15, -0.1) is 0 Å². The average molecular weight is 266 g/mol. The molecule has 0 atom stereocenters. The summed E-state index contributed by atoms with van der Waals surface area (Å²) in [6, 6.07) is 3.90. The number of methoxy groups -OCH3 is 2. The van der Waals surface area contributed by atoms with Gasteiger partial charge >= 0.3 is 0 Å². The van der Waals surface area contributed by atoms with Crippen molar-refractivity contribution in [2.24, 2.45) is 0 Å². The van der Waals surface area contributed by atoms with Crippen molar-refractivity contribution in [1.82, 2.24) is 0 Å². The highest BCUT2D eigenvalue weighted by molar-refractivity contribution is 5.51. The summed E-state index contributed by atoms with van der Waals surface area (Å²) in [5.74, 6) is 1.38. The van der Waals surface area contributed by atoms with Crippen LogP contribution in [0, 0.1) is 6.92 Å². The van der Waals surface area contributed by atoms with Crippen LogP contribution in [0.15, 0.2) is 12.1 Å². The van der Waals surface area contributed by atoms with E-state index < -0.39 is 5.60 Å². The second-order valence-corrected chi connectivity index (χ2v) is 5.66. The molecule has 19 heavy (non-hydrogen) atoms. The zero-order valence-corrected chi connectivity index (χ0v) is 12.2. The van der Waals surface area contributed by atoms with Gasteiger partial charge in [0.15, 0.2) is 11.5 Å². The van der Waals surface area contributed by atoms with Gasteiger partial charge in [0, 0.05) is 0 Å². The number of benzene rings is 1. The maximum absolute atomic E-state index is 10.5. The Labute approximate surface area is 114 Å². The van der Waals surface area contributed by atoms with Gasteiger partial charge in [-0.05, 0) is 44.0 Å². The quantitative estimate of drug-likeness (QED) is 0.906. The van der Waals surface area contributed by atoms with Gasteiger partial charge in [0.1, 0.15) is 0 Å². The average Bonchev–Trinajstić information content (AvgIpc) is 2.27. The molecule has 0 unspecified atom stereocenters. The van der Waals surface area contributed by atoms with E-state index in [1.165, 1.54) is 0 Å². The second-order valence-electron chi connectivity index (χ2n) is 5.66. The predicted octanol–water partition coefficient (Wildman–Crippen LogP) is 2.05. The molecule has 0 saturated carbocycles. The number of aliphatic hydroxyl groups is 1. The van der Waals surface area contributed by atoms with Crippen molar-refractivity contribution in [3.8, 4) is 11.5 Å². The Hall–Kier alpha value is -1.26. The van der Waals surface area contributed by atoms with Crippen LogP contribution in [0.3, 0.4) is 0 Å². The smallest absolute Gasteiger partial charge is 0.161 e. The Morgan fingerprint density at radius 3 is 2.05 bits per heavy atom. The summed E-state index contributed by atoms with van der Waals surface area (Å²) in [7, 11) is 3.24. The fourth-order valence-electron chi connectivity index (χ4n) is 2.64. The summed E-state index contributed by atoms with van der Waals surface area (Å²) < 4.78 is 16.0. The molecule has 1 aromatic rings. The van der Waals surface area contributed by atoms with E-state index >= 15 is 0 Å². The van der Waals surface area contributed by atoms with Crippen LogP contribution in [0.25, 0.3) is 0 Å². The van der Waals surface area contributed by atoms with Crippen LogP contribution in [-0.4, -0.2) is 38.1 Å². The second kappa shape index (κ2) is 4.69. The first-order chi connectivity index (χ1) is 8.85. The van der Waals surface area contributed by atoms with Crippen molar-refractivity contribution >= 4 is 0 Å². The molecule has 1 saturated heterocycles. The minimum Gasteiger partial charge on any atom is -0.493 e. The van der Waals surface area contributed by atoms with E-state index in [1.807, 2.05) is 32.9 Å². The third kappa shape index (κ3) is 2.09. The number of hydrogen-bond donors (Lipinski definition) is 1. The molecule has 0 amide bonds. The molecule has 0 aliphatic carbocycles. The zero-order chi connectivity index (χ0) is 14.3. The molecule has 1 aromatic carbocycles. The first-order valence-electron chi connectivity index (χ1n) is 6.39. The summed E-state index contributed by atoms with van der Waals surface area (Å²) in [5, 5.41) is 10.5. The Morgan fingerprint density at radius 1 is 1.16 bits per heavy atom. The number of aryl methyl sites for hydroxylation is 1. The summed E-state index contributed by atoms with van der Waals surface area (Å²) in [6.45, 7) is 6.71. The van der Waals surface area contributed by atoms with Gasteiger partial charge in [-0.3, -0.25) is 0 Å². The molecule has 4 nitrogen and oxygen atoms in total. The van der Waals surface area contributed by atoms with E-state index in [0.29, 0.717) is 24.7 Å². The van der Waals surface area contributed by atoms with Crippen LogP contribution in [-0.2, 0) is 10.2 Å². The predicted molar refractivity (Wildman–Crippen MR) is 73.1 cm³/mol. The first-order valence-corrected chi connectivity index (χ1v) is 6.39. The van der Waals surface area contributed by atoms with Crippen LogP contribution in [0.1, 0.15) is 25.0 Å².